The molecule has 0 heterocycles. The molecule has 1 atom stereocenters. The molecule has 0 aliphatic carbocycles. The van der Waals surface area contributed by atoms with Crippen LogP contribution in [-0.2, 0) is 4.79 Å². The molecule has 0 bridgehead atoms. The molecule has 116 valence electrons. The molecule has 1 aromatic rings. The minimum atomic E-state index is -1.17. The zero-order valence-corrected chi connectivity index (χ0v) is 11.6. The molecule has 1 aromatic carbocycles. The summed E-state index contributed by atoms with van der Waals surface area (Å²) in [5.74, 6) is -0.414. The van der Waals surface area contributed by atoms with E-state index >= 15 is 0 Å². The molecule has 0 saturated heterocycles. The van der Waals surface area contributed by atoms with Crippen molar-refractivity contribution in [2.24, 2.45) is 0 Å². The van der Waals surface area contributed by atoms with Crippen molar-refractivity contribution < 1.29 is 24.5 Å². The highest BCUT2D eigenvalue weighted by atomic mass is 16.5. The van der Waals surface area contributed by atoms with E-state index in [2.05, 4.69) is 10.6 Å². The van der Waals surface area contributed by atoms with Crippen molar-refractivity contribution in [3.63, 3.8) is 0 Å². The number of nitrogens with one attached hydrogen (secondary N) is 2. The molecule has 0 radical (unpaired) electrons. The van der Waals surface area contributed by atoms with E-state index in [-0.39, 0.29) is 13.0 Å². The van der Waals surface area contributed by atoms with Crippen molar-refractivity contribution in [2.75, 3.05) is 19.8 Å². The Labute approximate surface area is 122 Å². The average molecular weight is 296 g/mol. The molecule has 0 aliphatic heterocycles. The molecule has 1 unspecified atom stereocenters. The average Bonchev–Trinajstić information content (AvgIpc) is 2.47. The lowest BCUT2D eigenvalue weighted by molar-refractivity contribution is -0.139. The fourth-order valence-electron chi connectivity index (χ4n) is 1.58. The van der Waals surface area contributed by atoms with Crippen LogP contribution in [0.4, 0.5) is 4.79 Å². The molecular formula is C14H20N2O5. The van der Waals surface area contributed by atoms with Crippen LogP contribution in [0.2, 0.25) is 0 Å². The topological polar surface area (TPSA) is 108 Å². The lowest BCUT2D eigenvalue weighted by Gasteiger charge is -2.14. The van der Waals surface area contributed by atoms with Crippen LogP contribution in [0.25, 0.3) is 0 Å². The Morgan fingerprint density at radius 2 is 1.95 bits per heavy atom. The zero-order chi connectivity index (χ0) is 15.5. The molecule has 7 heteroatoms. The Hall–Kier alpha value is -2.28. The molecule has 0 aromatic heterocycles. The number of amides is 2. The van der Waals surface area contributed by atoms with Gasteiger partial charge in [-0.1, -0.05) is 18.2 Å². The highest BCUT2D eigenvalue weighted by Gasteiger charge is 2.18. The fourth-order valence-corrected chi connectivity index (χ4v) is 1.58. The SMILES string of the molecule is O=C(NCCCOc1ccccc1)NC(CCO)C(=O)O. The van der Waals surface area contributed by atoms with E-state index < -0.39 is 18.0 Å². The van der Waals surface area contributed by atoms with Crippen molar-refractivity contribution in [2.45, 2.75) is 18.9 Å². The van der Waals surface area contributed by atoms with Crippen LogP contribution < -0.4 is 15.4 Å². The van der Waals surface area contributed by atoms with Crippen LogP contribution in [0.1, 0.15) is 12.8 Å². The number of hydrogen-bond acceptors (Lipinski definition) is 4. The van der Waals surface area contributed by atoms with Crippen LogP contribution in [0.3, 0.4) is 0 Å². The predicted octanol–water partition coefficient (Wildman–Crippen LogP) is 0.590. The standard InChI is InChI=1S/C14H20N2O5/c17-9-7-12(13(18)19)16-14(20)15-8-4-10-21-11-5-2-1-3-6-11/h1-3,5-6,12,17H,4,7-10H2,(H,18,19)(H2,15,16,20). The lowest BCUT2D eigenvalue weighted by atomic mass is 10.2. The van der Waals surface area contributed by atoms with Crippen molar-refractivity contribution in [3.05, 3.63) is 30.3 Å². The Morgan fingerprint density at radius 3 is 2.57 bits per heavy atom. The Bertz CT molecular complexity index is 438. The van der Waals surface area contributed by atoms with Gasteiger partial charge < -0.3 is 25.6 Å². The van der Waals surface area contributed by atoms with Crippen LogP contribution in [0, 0.1) is 0 Å². The molecule has 0 fully saturated rings. The maximum atomic E-state index is 11.5. The van der Waals surface area contributed by atoms with Crippen LogP contribution in [0.15, 0.2) is 30.3 Å². The van der Waals surface area contributed by atoms with Gasteiger partial charge in [0, 0.05) is 19.6 Å². The molecule has 2 amide bonds. The molecule has 0 saturated carbocycles. The van der Waals surface area contributed by atoms with Gasteiger partial charge in [0.25, 0.3) is 0 Å². The monoisotopic (exact) mass is 296 g/mol. The Balaban J connectivity index is 2.14. The first kappa shape index (κ1) is 16.8. The van der Waals surface area contributed by atoms with Gasteiger partial charge in [0.1, 0.15) is 11.8 Å². The number of carboxylic acid groups (broad SMARTS) is 1. The maximum Gasteiger partial charge on any atom is 0.326 e. The first-order valence-electron chi connectivity index (χ1n) is 6.69. The van der Waals surface area contributed by atoms with E-state index in [1.807, 2.05) is 30.3 Å². The second-order valence-corrected chi connectivity index (χ2v) is 4.32. The minimum absolute atomic E-state index is 0.0279. The van der Waals surface area contributed by atoms with E-state index in [0.717, 1.165) is 5.75 Å². The van der Waals surface area contributed by atoms with Gasteiger partial charge in [-0.15, -0.1) is 0 Å². The van der Waals surface area contributed by atoms with E-state index in [1.54, 1.807) is 0 Å². The second-order valence-electron chi connectivity index (χ2n) is 4.32. The third-order valence-electron chi connectivity index (χ3n) is 2.64. The van der Waals surface area contributed by atoms with Crippen molar-refractivity contribution >= 4 is 12.0 Å². The number of para-hydroxylation sites is 1. The number of aliphatic hydroxyl groups is 1. The lowest BCUT2D eigenvalue weighted by Crippen LogP contribution is -2.46. The number of ether oxygens (including phenoxy) is 1. The predicted molar refractivity (Wildman–Crippen MR) is 76.2 cm³/mol. The second kappa shape index (κ2) is 9.60. The smallest absolute Gasteiger partial charge is 0.326 e. The van der Waals surface area contributed by atoms with E-state index in [9.17, 15) is 9.59 Å². The fraction of sp³-hybridized carbons (Fsp3) is 0.429. The molecule has 0 spiro atoms. The van der Waals surface area contributed by atoms with E-state index in [0.29, 0.717) is 19.6 Å². The van der Waals surface area contributed by atoms with Crippen LogP contribution in [0.5, 0.6) is 5.75 Å². The Kier molecular flexibility index (Phi) is 7.67. The number of aliphatic hydroxyl groups excluding tert-OH is 1. The van der Waals surface area contributed by atoms with E-state index in [1.165, 1.54) is 0 Å². The summed E-state index contributed by atoms with van der Waals surface area (Å²) < 4.78 is 5.45. The largest absolute Gasteiger partial charge is 0.494 e. The van der Waals surface area contributed by atoms with Gasteiger partial charge in [-0.05, 0) is 18.6 Å². The molecule has 1 rings (SSSR count). The highest BCUT2D eigenvalue weighted by molar-refractivity contribution is 5.82. The van der Waals surface area contributed by atoms with Crippen LogP contribution in [-0.4, -0.2) is 48.0 Å². The summed E-state index contributed by atoms with van der Waals surface area (Å²) in [5, 5.41) is 22.3. The summed E-state index contributed by atoms with van der Waals surface area (Å²) >= 11 is 0. The molecule has 0 aliphatic rings. The number of urea groups is 1. The molecular weight excluding hydrogens is 276 g/mol. The van der Waals surface area contributed by atoms with Gasteiger partial charge in [0.15, 0.2) is 0 Å². The minimum Gasteiger partial charge on any atom is -0.494 e. The van der Waals surface area contributed by atoms with Gasteiger partial charge in [0.2, 0.25) is 0 Å². The summed E-state index contributed by atoms with van der Waals surface area (Å²) in [6, 6.07) is 7.65. The summed E-state index contributed by atoms with van der Waals surface area (Å²) in [7, 11) is 0. The third-order valence-corrected chi connectivity index (χ3v) is 2.64. The van der Waals surface area contributed by atoms with Crippen LogP contribution >= 0.6 is 0 Å². The number of aliphatic carboxylic acids is 1. The summed E-state index contributed by atoms with van der Waals surface area (Å²) in [5.41, 5.74) is 0. The Morgan fingerprint density at radius 1 is 1.24 bits per heavy atom. The number of carbonyl (C=O) groups is 2. The number of rotatable bonds is 9. The quantitative estimate of drug-likeness (QED) is 0.499. The van der Waals surface area contributed by atoms with Crippen molar-refractivity contribution in [1.29, 1.82) is 0 Å². The number of carboxylic acids is 1. The van der Waals surface area contributed by atoms with Crippen molar-refractivity contribution in [1.82, 2.24) is 10.6 Å². The molecule has 4 N–H and O–H groups in total. The van der Waals surface area contributed by atoms with Gasteiger partial charge in [-0.25, -0.2) is 9.59 Å². The number of benzene rings is 1. The highest BCUT2D eigenvalue weighted by Crippen LogP contribution is 2.07. The summed E-state index contributed by atoms with van der Waals surface area (Å²) in [6.45, 7) is 0.510. The first-order valence-corrected chi connectivity index (χ1v) is 6.69. The maximum absolute atomic E-state index is 11.5. The third kappa shape index (κ3) is 7.17. The van der Waals surface area contributed by atoms with Gasteiger partial charge in [-0.2, -0.15) is 0 Å². The van der Waals surface area contributed by atoms with E-state index in [4.69, 9.17) is 14.9 Å². The molecule has 7 nitrogen and oxygen atoms in total. The zero-order valence-electron chi connectivity index (χ0n) is 11.6. The van der Waals surface area contributed by atoms with Gasteiger partial charge >= 0.3 is 12.0 Å². The normalized spacial score (nSPS) is 11.5. The number of carbonyl (C=O) groups excluding carboxylic acids is 1. The van der Waals surface area contributed by atoms with Gasteiger partial charge in [-0.3, -0.25) is 0 Å². The first-order chi connectivity index (χ1) is 10.1. The summed E-state index contributed by atoms with van der Waals surface area (Å²) in [6.07, 6.45) is 0.569. The number of hydrogen-bond donors (Lipinski definition) is 4. The van der Waals surface area contributed by atoms with Crippen molar-refractivity contribution in [3.8, 4) is 5.75 Å². The molecule has 21 heavy (non-hydrogen) atoms. The van der Waals surface area contributed by atoms with Gasteiger partial charge in [0.05, 0.1) is 6.61 Å². The summed E-state index contributed by atoms with van der Waals surface area (Å²) in [4.78, 5) is 22.2.